The van der Waals surface area contributed by atoms with Crippen LogP contribution in [0.5, 0.6) is 0 Å². The van der Waals surface area contributed by atoms with Crippen LogP contribution in [0.25, 0.3) is 0 Å². The number of rotatable bonds is 4. The van der Waals surface area contributed by atoms with Crippen LogP contribution in [0.2, 0.25) is 0 Å². The molecule has 2 rings (SSSR count). The summed E-state index contributed by atoms with van der Waals surface area (Å²) in [7, 11) is 0. The van der Waals surface area contributed by atoms with Gasteiger partial charge in [0.1, 0.15) is 5.82 Å². The second-order valence-electron chi connectivity index (χ2n) is 4.44. The molecule has 0 fully saturated rings. The van der Waals surface area contributed by atoms with Crippen molar-refractivity contribution in [3.63, 3.8) is 0 Å². The van der Waals surface area contributed by atoms with Crippen molar-refractivity contribution in [3.8, 4) is 0 Å². The number of hydrazone groups is 1. The molecule has 2 aromatic carbocycles. The predicted octanol–water partition coefficient (Wildman–Crippen LogP) is 2.84. The number of nitro groups is 1. The highest BCUT2D eigenvalue weighted by atomic mass is 79.9. The maximum atomic E-state index is 13.5. The Bertz CT molecular complexity index is 811. The first-order valence-electron chi connectivity index (χ1n) is 6.20. The number of nitrogens with one attached hydrogen (secondary N) is 1. The zero-order chi connectivity index (χ0) is 17.0. The van der Waals surface area contributed by atoms with Gasteiger partial charge >= 0.3 is 0 Å². The minimum atomic E-state index is -0.702. The predicted molar refractivity (Wildman–Crippen MR) is 86.7 cm³/mol. The van der Waals surface area contributed by atoms with Gasteiger partial charge in [0, 0.05) is 27.9 Å². The standard InChI is InChI=1S/C14H10BrFN4O3/c15-10-1-2-13(16)9(3-10)7-18-19-14(21)8-4-11(17)6-12(5-8)20(22)23/h1-7H,17H2,(H,19,21)/b18-7+. The van der Waals surface area contributed by atoms with Gasteiger partial charge in [-0.1, -0.05) is 15.9 Å². The van der Waals surface area contributed by atoms with Gasteiger partial charge in [-0.25, -0.2) is 9.82 Å². The van der Waals surface area contributed by atoms with E-state index in [0.29, 0.717) is 4.47 Å². The fourth-order valence-electron chi connectivity index (χ4n) is 1.71. The summed E-state index contributed by atoms with van der Waals surface area (Å²) < 4.78 is 14.1. The highest BCUT2D eigenvalue weighted by Gasteiger charge is 2.13. The molecule has 0 aliphatic rings. The number of carbonyl (C=O) groups is 1. The molecule has 118 valence electrons. The zero-order valence-electron chi connectivity index (χ0n) is 11.5. The van der Waals surface area contributed by atoms with Crippen molar-refractivity contribution in [2.75, 3.05) is 5.73 Å². The Morgan fingerprint density at radius 2 is 2.09 bits per heavy atom. The fourth-order valence-corrected chi connectivity index (χ4v) is 2.09. The molecule has 9 heteroatoms. The van der Waals surface area contributed by atoms with Crippen molar-refractivity contribution < 1.29 is 14.1 Å². The Hall–Kier alpha value is -2.81. The Labute approximate surface area is 138 Å². The zero-order valence-corrected chi connectivity index (χ0v) is 13.1. The minimum Gasteiger partial charge on any atom is -0.399 e. The van der Waals surface area contributed by atoms with Gasteiger partial charge in [-0.2, -0.15) is 5.10 Å². The molecule has 0 saturated carbocycles. The lowest BCUT2D eigenvalue weighted by Crippen LogP contribution is -2.18. The van der Waals surface area contributed by atoms with Crippen LogP contribution in [0, 0.1) is 15.9 Å². The van der Waals surface area contributed by atoms with Crippen molar-refractivity contribution in [1.29, 1.82) is 0 Å². The average Bonchev–Trinajstić information content (AvgIpc) is 2.50. The number of hydrogen-bond donors (Lipinski definition) is 2. The van der Waals surface area contributed by atoms with Crippen molar-refractivity contribution in [1.82, 2.24) is 5.43 Å². The van der Waals surface area contributed by atoms with Gasteiger partial charge in [0.15, 0.2) is 0 Å². The molecule has 0 heterocycles. The van der Waals surface area contributed by atoms with Crippen LogP contribution in [0.15, 0.2) is 46.0 Å². The van der Waals surface area contributed by atoms with Crippen LogP contribution >= 0.6 is 15.9 Å². The number of anilines is 1. The number of hydrogen-bond acceptors (Lipinski definition) is 5. The second-order valence-corrected chi connectivity index (χ2v) is 5.35. The Balaban J connectivity index is 2.15. The number of nitrogen functional groups attached to an aromatic ring is 1. The number of nitrogens with zero attached hydrogens (tertiary/aromatic N) is 2. The molecule has 0 atom stereocenters. The van der Waals surface area contributed by atoms with E-state index in [1.54, 1.807) is 0 Å². The SMILES string of the molecule is Nc1cc(C(=O)N/N=C/c2cc(Br)ccc2F)cc([N+](=O)[O-])c1. The van der Waals surface area contributed by atoms with Crippen molar-refractivity contribution in [2.45, 2.75) is 0 Å². The monoisotopic (exact) mass is 380 g/mol. The summed E-state index contributed by atoms with van der Waals surface area (Å²) in [6.45, 7) is 0. The van der Waals surface area contributed by atoms with Gasteiger partial charge in [-0.3, -0.25) is 14.9 Å². The number of nitrogens with two attached hydrogens (primary N) is 1. The number of nitro benzene ring substituents is 1. The highest BCUT2D eigenvalue weighted by Crippen LogP contribution is 2.18. The number of carbonyl (C=O) groups excluding carboxylic acids is 1. The molecule has 0 bridgehead atoms. The summed E-state index contributed by atoms with van der Waals surface area (Å²) >= 11 is 3.19. The third-order valence-electron chi connectivity index (χ3n) is 2.74. The van der Waals surface area contributed by atoms with E-state index in [1.807, 2.05) is 0 Å². The highest BCUT2D eigenvalue weighted by molar-refractivity contribution is 9.10. The summed E-state index contributed by atoms with van der Waals surface area (Å²) in [5, 5.41) is 14.4. The minimum absolute atomic E-state index is 0.0245. The van der Waals surface area contributed by atoms with E-state index >= 15 is 0 Å². The van der Waals surface area contributed by atoms with Crippen LogP contribution < -0.4 is 11.2 Å². The maximum Gasteiger partial charge on any atom is 0.272 e. The summed E-state index contributed by atoms with van der Waals surface area (Å²) in [5.41, 5.74) is 7.58. The molecule has 0 radical (unpaired) electrons. The summed E-state index contributed by atoms with van der Waals surface area (Å²) in [5.74, 6) is -1.21. The van der Waals surface area contributed by atoms with Crippen molar-refractivity contribution in [3.05, 3.63) is 67.9 Å². The number of non-ortho nitro benzene ring substituents is 1. The van der Waals surface area contributed by atoms with Crippen LogP contribution in [0.4, 0.5) is 15.8 Å². The molecule has 23 heavy (non-hydrogen) atoms. The molecule has 0 aromatic heterocycles. The van der Waals surface area contributed by atoms with E-state index < -0.39 is 16.6 Å². The normalized spacial score (nSPS) is 10.7. The molecule has 7 nitrogen and oxygen atoms in total. The number of amides is 1. The summed E-state index contributed by atoms with van der Waals surface area (Å²) in [6.07, 6.45) is 1.12. The summed E-state index contributed by atoms with van der Waals surface area (Å²) in [6, 6.07) is 7.73. The van der Waals surface area contributed by atoms with E-state index in [-0.39, 0.29) is 22.5 Å². The van der Waals surface area contributed by atoms with Crippen LogP contribution in [0.3, 0.4) is 0 Å². The van der Waals surface area contributed by atoms with Gasteiger partial charge in [0.2, 0.25) is 0 Å². The first kappa shape index (κ1) is 16.6. The van der Waals surface area contributed by atoms with E-state index in [0.717, 1.165) is 18.3 Å². The van der Waals surface area contributed by atoms with Gasteiger partial charge < -0.3 is 5.73 Å². The first-order chi connectivity index (χ1) is 10.9. The van der Waals surface area contributed by atoms with Crippen LogP contribution in [-0.2, 0) is 0 Å². The lowest BCUT2D eigenvalue weighted by Gasteiger charge is -2.02. The average molecular weight is 381 g/mol. The van der Waals surface area contributed by atoms with Gasteiger partial charge in [0.25, 0.3) is 11.6 Å². The van der Waals surface area contributed by atoms with Gasteiger partial charge in [-0.05, 0) is 24.3 Å². The Morgan fingerprint density at radius 3 is 2.78 bits per heavy atom. The topological polar surface area (TPSA) is 111 Å². The Morgan fingerprint density at radius 1 is 1.35 bits per heavy atom. The molecule has 0 saturated heterocycles. The first-order valence-corrected chi connectivity index (χ1v) is 6.99. The largest absolute Gasteiger partial charge is 0.399 e. The van der Waals surface area contributed by atoms with Gasteiger partial charge in [0.05, 0.1) is 16.7 Å². The molecule has 1 amide bonds. The summed E-state index contributed by atoms with van der Waals surface area (Å²) in [4.78, 5) is 22.0. The lowest BCUT2D eigenvalue weighted by molar-refractivity contribution is -0.384. The Kier molecular flexibility index (Phi) is 5.02. The second kappa shape index (κ2) is 6.97. The molecule has 0 unspecified atom stereocenters. The fraction of sp³-hybridized carbons (Fsp3) is 0. The maximum absolute atomic E-state index is 13.5. The molecular weight excluding hydrogens is 371 g/mol. The third kappa shape index (κ3) is 4.33. The smallest absolute Gasteiger partial charge is 0.272 e. The molecule has 3 N–H and O–H groups in total. The molecular formula is C14H10BrFN4O3. The third-order valence-corrected chi connectivity index (χ3v) is 3.23. The number of halogens is 2. The molecule has 0 spiro atoms. The van der Waals surface area contributed by atoms with E-state index in [9.17, 15) is 19.3 Å². The molecule has 0 aliphatic heterocycles. The van der Waals surface area contributed by atoms with Crippen molar-refractivity contribution in [2.24, 2.45) is 5.10 Å². The molecule has 0 aliphatic carbocycles. The van der Waals surface area contributed by atoms with Crippen LogP contribution in [0.1, 0.15) is 15.9 Å². The van der Waals surface area contributed by atoms with E-state index in [2.05, 4.69) is 26.5 Å². The van der Waals surface area contributed by atoms with E-state index in [4.69, 9.17) is 5.73 Å². The molecule has 2 aromatic rings. The number of benzene rings is 2. The van der Waals surface area contributed by atoms with E-state index in [1.165, 1.54) is 24.3 Å². The van der Waals surface area contributed by atoms with Crippen molar-refractivity contribution >= 4 is 39.4 Å². The van der Waals surface area contributed by atoms with Crippen LogP contribution in [-0.4, -0.2) is 17.0 Å². The quantitative estimate of drug-likeness (QED) is 0.367. The van der Waals surface area contributed by atoms with Gasteiger partial charge in [-0.15, -0.1) is 0 Å². The lowest BCUT2D eigenvalue weighted by atomic mass is 10.1.